The predicted octanol–water partition coefficient (Wildman–Crippen LogP) is 5.44. The maximum atomic E-state index is 12.3. The van der Waals surface area contributed by atoms with Crippen LogP contribution in [0.15, 0.2) is 40.9 Å². The summed E-state index contributed by atoms with van der Waals surface area (Å²) in [7, 11) is 0. The second-order valence-corrected chi connectivity index (χ2v) is 9.90. The van der Waals surface area contributed by atoms with E-state index in [0.29, 0.717) is 35.7 Å². The normalized spacial score (nSPS) is 14.9. The van der Waals surface area contributed by atoms with E-state index in [9.17, 15) is 15.2 Å². The van der Waals surface area contributed by atoms with Gasteiger partial charge < -0.3 is 19.3 Å². The maximum absolute atomic E-state index is 12.3. The van der Waals surface area contributed by atoms with Gasteiger partial charge in [-0.3, -0.25) is 0 Å². The average Bonchev–Trinajstić information content (AvgIpc) is 3.24. The summed E-state index contributed by atoms with van der Waals surface area (Å²) >= 11 is 0. The molecule has 178 valence electrons. The highest BCUT2D eigenvalue weighted by molar-refractivity contribution is 5.89. The van der Waals surface area contributed by atoms with Gasteiger partial charge in [0.2, 0.25) is 0 Å². The number of nitrogens with zero attached hydrogens (tertiary/aromatic N) is 3. The number of carbonyl (C=O) groups excluding carboxylic acids is 1. The van der Waals surface area contributed by atoms with Crippen LogP contribution in [0.1, 0.15) is 56.9 Å². The van der Waals surface area contributed by atoms with Crippen LogP contribution in [0, 0.1) is 17.2 Å². The third-order valence-corrected chi connectivity index (χ3v) is 6.33. The number of benzene rings is 2. The van der Waals surface area contributed by atoms with E-state index in [-0.39, 0.29) is 12.7 Å². The van der Waals surface area contributed by atoms with Gasteiger partial charge in [-0.05, 0) is 81.7 Å². The van der Waals surface area contributed by atoms with Crippen LogP contribution in [-0.2, 0) is 17.8 Å². The monoisotopic (exact) mass is 461 g/mol. The molecule has 0 unspecified atom stereocenters. The molecule has 1 amide bonds. The smallest absolute Gasteiger partial charge is 0.410 e. The van der Waals surface area contributed by atoms with Gasteiger partial charge in [-0.2, -0.15) is 5.26 Å². The minimum atomic E-state index is -0.478. The van der Waals surface area contributed by atoms with Gasteiger partial charge in [0, 0.05) is 24.0 Å². The Morgan fingerprint density at radius 1 is 1.26 bits per heavy atom. The minimum absolute atomic E-state index is 0.179. The number of hydrogen-bond acceptors (Lipinski definition) is 6. The van der Waals surface area contributed by atoms with Crippen LogP contribution in [-0.4, -0.2) is 39.9 Å². The number of hydrogen-bond donors (Lipinski definition) is 1. The SMILES string of the molecule is CC(C)(C)OC(=O)N1CCC(CCc2noc3c(CO)c(-c4cccc(C#N)c4)ccc23)CC1. The van der Waals surface area contributed by atoms with Crippen LogP contribution in [0.5, 0.6) is 0 Å². The fraction of sp³-hybridized carbons (Fsp3) is 0.444. The molecule has 0 radical (unpaired) electrons. The molecular weight excluding hydrogens is 430 g/mol. The first-order valence-corrected chi connectivity index (χ1v) is 11.8. The lowest BCUT2D eigenvalue weighted by Gasteiger charge is -2.33. The highest BCUT2D eigenvalue weighted by atomic mass is 16.6. The van der Waals surface area contributed by atoms with Crippen molar-refractivity contribution in [3.05, 3.63) is 53.2 Å². The quantitative estimate of drug-likeness (QED) is 0.543. The van der Waals surface area contributed by atoms with E-state index in [2.05, 4.69) is 11.2 Å². The molecule has 0 bridgehead atoms. The second kappa shape index (κ2) is 9.86. The van der Waals surface area contributed by atoms with Crippen molar-refractivity contribution in [3.63, 3.8) is 0 Å². The number of rotatable bonds is 5. The number of aliphatic hydroxyl groups is 1. The Morgan fingerprint density at radius 2 is 2.03 bits per heavy atom. The van der Waals surface area contributed by atoms with Gasteiger partial charge >= 0.3 is 6.09 Å². The molecule has 7 heteroatoms. The lowest BCUT2D eigenvalue weighted by molar-refractivity contribution is 0.0181. The zero-order chi connectivity index (χ0) is 24.3. The molecule has 1 aliphatic heterocycles. The molecule has 7 nitrogen and oxygen atoms in total. The standard InChI is InChI=1S/C27H31N3O4/c1-27(2,3)33-26(32)30-13-11-18(12-14-30)7-10-24-22-9-8-21(23(17-31)25(22)34-29-24)20-6-4-5-19(15-20)16-28/h4-6,8-9,15,18,31H,7,10-14,17H2,1-3H3. The summed E-state index contributed by atoms with van der Waals surface area (Å²) in [6.45, 7) is 6.89. The molecule has 1 aromatic heterocycles. The zero-order valence-corrected chi connectivity index (χ0v) is 20.0. The Morgan fingerprint density at radius 3 is 2.71 bits per heavy atom. The first-order valence-electron chi connectivity index (χ1n) is 11.8. The molecule has 0 aliphatic carbocycles. The fourth-order valence-electron chi connectivity index (χ4n) is 4.54. The van der Waals surface area contributed by atoms with Gasteiger partial charge in [-0.15, -0.1) is 0 Å². The van der Waals surface area contributed by atoms with Crippen LogP contribution < -0.4 is 0 Å². The second-order valence-electron chi connectivity index (χ2n) is 9.90. The first-order chi connectivity index (χ1) is 16.3. The van der Waals surface area contributed by atoms with Crippen LogP contribution in [0.4, 0.5) is 4.79 Å². The lowest BCUT2D eigenvalue weighted by Crippen LogP contribution is -2.41. The Hall–Kier alpha value is -3.37. The van der Waals surface area contributed by atoms with Gasteiger partial charge in [0.15, 0.2) is 5.58 Å². The maximum Gasteiger partial charge on any atom is 0.410 e. The number of fused-ring (bicyclic) bond motifs is 1. The molecule has 1 fully saturated rings. The lowest BCUT2D eigenvalue weighted by atomic mass is 9.91. The van der Waals surface area contributed by atoms with E-state index < -0.39 is 5.60 Å². The van der Waals surface area contributed by atoms with Crippen molar-refractivity contribution in [2.75, 3.05) is 13.1 Å². The number of amides is 1. The van der Waals surface area contributed by atoms with E-state index in [0.717, 1.165) is 47.9 Å². The number of carbonyl (C=O) groups is 1. The van der Waals surface area contributed by atoms with E-state index in [1.807, 2.05) is 45.0 Å². The summed E-state index contributed by atoms with van der Waals surface area (Å²) in [5.41, 5.74) is 3.94. The topological polar surface area (TPSA) is 99.6 Å². The van der Waals surface area contributed by atoms with Gasteiger partial charge in [-0.1, -0.05) is 23.4 Å². The Bertz CT molecular complexity index is 1210. The number of nitriles is 1. The molecule has 2 aromatic carbocycles. The van der Waals surface area contributed by atoms with Crippen molar-refractivity contribution >= 4 is 17.1 Å². The molecule has 0 atom stereocenters. The number of aryl methyl sites for hydroxylation is 1. The number of likely N-dealkylation sites (tertiary alicyclic amines) is 1. The molecule has 1 aliphatic rings. The highest BCUT2D eigenvalue weighted by Crippen LogP contribution is 2.33. The molecular formula is C27H31N3O4. The zero-order valence-electron chi connectivity index (χ0n) is 20.0. The number of aliphatic hydroxyl groups excluding tert-OH is 1. The van der Waals surface area contributed by atoms with Gasteiger partial charge in [0.05, 0.1) is 23.9 Å². The summed E-state index contributed by atoms with van der Waals surface area (Å²) < 4.78 is 11.2. The van der Waals surface area contributed by atoms with Crippen molar-refractivity contribution in [3.8, 4) is 17.2 Å². The van der Waals surface area contributed by atoms with Crippen LogP contribution in [0.2, 0.25) is 0 Å². The third-order valence-electron chi connectivity index (χ3n) is 6.33. The largest absolute Gasteiger partial charge is 0.444 e. The molecule has 34 heavy (non-hydrogen) atoms. The van der Waals surface area contributed by atoms with Crippen LogP contribution in [0.25, 0.3) is 22.1 Å². The fourth-order valence-corrected chi connectivity index (χ4v) is 4.54. The molecule has 1 N–H and O–H groups in total. The van der Waals surface area contributed by atoms with Gasteiger partial charge in [0.1, 0.15) is 5.60 Å². The Kier molecular flexibility index (Phi) is 6.90. The summed E-state index contributed by atoms with van der Waals surface area (Å²) in [6.07, 6.45) is 3.38. The number of aromatic nitrogens is 1. The van der Waals surface area contributed by atoms with E-state index in [4.69, 9.17) is 9.26 Å². The third kappa shape index (κ3) is 5.23. The van der Waals surface area contributed by atoms with Crippen molar-refractivity contribution in [2.24, 2.45) is 5.92 Å². The molecule has 2 heterocycles. The van der Waals surface area contributed by atoms with Gasteiger partial charge in [0.25, 0.3) is 0 Å². The van der Waals surface area contributed by atoms with E-state index >= 15 is 0 Å². The summed E-state index contributed by atoms with van der Waals surface area (Å²) in [5, 5.41) is 24.5. The summed E-state index contributed by atoms with van der Waals surface area (Å²) in [5.74, 6) is 0.510. The van der Waals surface area contributed by atoms with Crippen LogP contribution >= 0.6 is 0 Å². The predicted molar refractivity (Wildman–Crippen MR) is 129 cm³/mol. The molecule has 4 rings (SSSR count). The first kappa shape index (κ1) is 23.8. The van der Waals surface area contributed by atoms with Crippen molar-refractivity contribution in [2.45, 2.75) is 58.7 Å². The number of piperidine rings is 1. The molecule has 3 aromatic rings. The molecule has 0 saturated carbocycles. The highest BCUT2D eigenvalue weighted by Gasteiger charge is 2.27. The minimum Gasteiger partial charge on any atom is -0.444 e. The number of ether oxygens (including phenoxy) is 1. The summed E-state index contributed by atoms with van der Waals surface area (Å²) in [4.78, 5) is 14.1. The Labute approximate surface area is 199 Å². The van der Waals surface area contributed by atoms with E-state index in [1.165, 1.54) is 0 Å². The molecule has 1 saturated heterocycles. The average molecular weight is 462 g/mol. The van der Waals surface area contributed by atoms with E-state index in [1.54, 1.807) is 17.0 Å². The van der Waals surface area contributed by atoms with Crippen molar-refractivity contribution < 1.29 is 19.2 Å². The Balaban J connectivity index is 1.43. The van der Waals surface area contributed by atoms with Crippen LogP contribution in [0.3, 0.4) is 0 Å². The summed E-state index contributed by atoms with van der Waals surface area (Å²) in [6, 6.07) is 13.4. The van der Waals surface area contributed by atoms with Gasteiger partial charge in [-0.25, -0.2) is 4.79 Å². The van der Waals surface area contributed by atoms with Crippen molar-refractivity contribution in [1.29, 1.82) is 5.26 Å². The van der Waals surface area contributed by atoms with Crippen molar-refractivity contribution in [1.82, 2.24) is 10.1 Å². The molecule has 0 spiro atoms.